The molecule has 3 rings (SSSR count). The van der Waals surface area contributed by atoms with Crippen molar-refractivity contribution in [3.63, 3.8) is 0 Å². The highest BCUT2D eigenvalue weighted by atomic mass is 32.1. The van der Waals surface area contributed by atoms with E-state index in [2.05, 4.69) is 10.3 Å². The van der Waals surface area contributed by atoms with Gasteiger partial charge in [0.1, 0.15) is 15.7 Å². The van der Waals surface area contributed by atoms with E-state index in [9.17, 15) is 9.18 Å². The largest absolute Gasteiger partial charge is 0.493 e. The number of thiazole rings is 1. The summed E-state index contributed by atoms with van der Waals surface area (Å²) in [5.74, 6) is 0.755. The van der Waals surface area contributed by atoms with Gasteiger partial charge in [-0.3, -0.25) is 4.79 Å². The molecular weight excluding hydrogens is 391 g/mol. The number of ether oxygens (including phenoxy) is 2. The van der Waals surface area contributed by atoms with Crippen molar-refractivity contribution in [2.45, 2.75) is 26.8 Å². The Balaban J connectivity index is 1.82. The van der Waals surface area contributed by atoms with Crippen LogP contribution in [0.4, 0.5) is 4.39 Å². The molecule has 0 fully saturated rings. The zero-order valence-electron chi connectivity index (χ0n) is 17.0. The van der Waals surface area contributed by atoms with Gasteiger partial charge in [-0.25, -0.2) is 9.37 Å². The Morgan fingerprint density at radius 1 is 1.10 bits per heavy atom. The van der Waals surface area contributed by atoms with Crippen molar-refractivity contribution in [1.29, 1.82) is 0 Å². The number of benzene rings is 2. The summed E-state index contributed by atoms with van der Waals surface area (Å²) in [5, 5.41) is 3.71. The normalized spacial score (nSPS) is 11.8. The molecule has 0 aliphatic rings. The van der Waals surface area contributed by atoms with Gasteiger partial charge >= 0.3 is 0 Å². The van der Waals surface area contributed by atoms with Gasteiger partial charge in [-0.1, -0.05) is 0 Å². The molecule has 29 heavy (non-hydrogen) atoms. The minimum Gasteiger partial charge on any atom is -0.493 e. The monoisotopic (exact) mass is 414 g/mol. The van der Waals surface area contributed by atoms with Gasteiger partial charge in [0.05, 0.1) is 26.0 Å². The molecule has 1 aromatic heterocycles. The first kappa shape index (κ1) is 20.8. The molecule has 2 aromatic carbocycles. The van der Waals surface area contributed by atoms with Crippen LogP contribution in [-0.4, -0.2) is 25.1 Å². The predicted octanol–water partition coefficient (Wildman–Crippen LogP) is 5.07. The Morgan fingerprint density at radius 3 is 2.34 bits per heavy atom. The van der Waals surface area contributed by atoms with E-state index in [1.54, 1.807) is 33.3 Å². The van der Waals surface area contributed by atoms with Gasteiger partial charge in [0.25, 0.3) is 5.91 Å². The number of aromatic nitrogens is 1. The molecule has 3 aromatic rings. The number of methoxy groups -OCH3 is 2. The summed E-state index contributed by atoms with van der Waals surface area (Å²) in [6.45, 7) is 5.68. The zero-order chi connectivity index (χ0) is 21.1. The lowest BCUT2D eigenvalue weighted by atomic mass is 10.0. The summed E-state index contributed by atoms with van der Waals surface area (Å²) in [6, 6.07) is 9.61. The van der Waals surface area contributed by atoms with E-state index >= 15 is 0 Å². The Bertz CT molecular complexity index is 1030. The van der Waals surface area contributed by atoms with Crippen LogP contribution in [0.1, 0.15) is 39.5 Å². The summed E-state index contributed by atoms with van der Waals surface area (Å²) in [4.78, 5) is 17.9. The molecule has 0 aliphatic heterocycles. The molecule has 7 heteroatoms. The number of halogens is 1. The molecule has 1 unspecified atom stereocenters. The number of aryl methyl sites for hydroxylation is 2. The summed E-state index contributed by atoms with van der Waals surface area (Å²) < 4.78 is 23.9. The second kappa shape index (κ2) is 8.61. The fourth-order valence-electron chi connectivity index (χ4n) is 3.13. The summed E-state index contributed by atoms with van der Waals surface area (Å²) in [6.07, 6.45) is 0. The van der Waals surface area contributed by atoms with Gasteiger partial charge < -0.3 is 14.8 Å². The number of hydrogen-bond donors (Lipinski definition) is 1. The minimum absolute atomic E-state index is 0.199. The van der Waals surface area contributed by atoms with Gasteiger partial charge in [-0.05, 0) is 68.3 Å². The average molecular weight is 415 g/mol. The van der Waals surface area contributed by atoms with Gasteiger partial charge in [0.2, 0.25) is 0 Å². The molecule has 5 nitrogen and oxygen atoms in total. The van der Waals surface area contributed by atoms with E-state index in [-0.39, 0.29) is 17.8 Å². The topological polar surface area (TPSA) is 60.5 Å². The second-order valence-electron chi connectivity index (χ2n) is 6.70. The van der Waals surface area contributed by atoms with Crippen LogP contribution in [0.15, 0.2) is 36.4 Å². The Kier molecular flexibility index (Phi) is 6.17. The zero-order valence-corrected chi connectivity index (χ0v) is 17.8. The maximum Gasteiger partial charge on any atom is 0.263 e. The van der Waals surface area contributed by atoms with Crippen molar-refractivity contribution in [1.82, 2.24) is 10.3 Å². The first-order valence-electron chi connectivity index (χ1n) is 9.10. The molecular formula is C22H23FN2O3S. The molecule has 1 heterocycles. The molecule has 0 saturated heterocycles. The van der Waals surface area contributed by atoms with Crippen LogP contribution in [0.2, 0.25) is 0 Å². The molecule has 1 amide bonds. The van der Waals surface area contributed by atoms with Crippen LogP contribution in [0.25, 0.3) is 10.6 Å². The van der Waals surface area contributed by atoms with Crippen LogP contribution in [0, 0.1) is 19.7 Å². The lowest BCUT2D eigenvalue weighted by Crippen LogP contribution is -2.27. The van der Waals surface area contributed by atoms with E-state index in [4.69, 9.17) is 9.47 Å². The smallest absolute Gasteiger partial charge is 0.263 e. The van der Waals surface area contributed by atoms with Crippen molar-refractivity contribution < 1.29 is 18.7 Å². The molecule has 1 N–H and O–H groups in total. The van der Waals surface area contributed by atoms with Crippen LogP contribution < -0.4 is 14.8 Å². The number of amides is 1. The van der Waals surface area contributed by atoms with Crippen LogP contribution >= 0.6 is 11.3 Å². The molecule has 0 saturated carbocycles. The van der Waals surface area contributed by atoms with Crippen molar-refractivity contribution >= 4 is 17.2 Å². The van der Waals surface area contributed by atoms with E-state index in [1.807, 2.05) is 26.0 Å². The lowest BCUT2D eigenvalue weighted by Gasteiger charge is -2.19. The second-order valence-corrected chi connectivity index (χ2v) is 7.70. The number of carbonyl (C=O) groups excluding carboxylic acids is 1. The first-order chi connectivity index (χ1) is 13.8. The predicted molar refractivity (Wildman–Crippen MR) is 112 cm³/mol. The van der Waals surface area contributed by atoms with Crippen LogP contribution in [0.5, 0.6) is 11.5 Å². The SMILES string of the molecule is COc1cc(C)c(C(C)NC(=O)c2sc(-c3ccc(F)cc3)nc2C)cc1OC. The fourth-order valence-corrected chi connectivity index (χ4v) is 4.10. The molecule has 0 aliphatic carbocycles. The van der Waals surface area contributed by atoms with Gasteiger partial charge in [-0.2, -0.15) is 0 Å². The minimum atomic E-state index is -0.306. The fraction of sp³-hybridized carbons (Fsp3) is 0.273. The quantitative estimate of drug-likeness (QED) is 0.611. The highest BCUT2D eigenvalue weighted by molar-refractivity contribution is 7.17. The number of carbonyl (C=O) groups is 1. The molecule has 1 atom stereocenters. The Hall–Kier alpha value is -2.93. The Morgan fingerprint density at radius 2 is 1.72 bits per heavy atom. The van der Waals surface area contributed by atoms with Crippen molar-refractivity contribution in [3.05, 3.63) is 63.9 Å². The first-order valence-corrected chi connectivity index (χ1v) is 9.92. The van der Waals surface area contributed by atoms with Gasteiger partial charge in [0, 0.05) is 5.56 Å². The van der Waals surface area contributed by atoms with Gasteiger partial charge in [0.15, 0.2) is 11.5 Å². The maximum absolute atomic E-state index is 13.2. The average Bonchev–Trinajstić information content (AvgIpc) is 3.09. The molecule has 0 radical (unpaired) electrons. The third-order valence-corrected chi connectivity index (χ3v) is 5.89. The Labute approximate surface area is 173 Å². The number of hydrogen-bond acceptors (Lipinski definition) is 5. The number of rotatable bonds is 6. The van der Waals surface area contributed by atoms with Crippen molar-refractivity contribution in [3.8, 4) is 22.1 Å². The van der Waals surface area contributed by atoms with Crippen LogP contribution in [0.3, 0.4) is 0 Å². The number of nitrogens with one attached hydrogen (secondary N) is 1. The van der Waals surface area contributed by atoms with E-state index < -0.39 is 0 Å². The summed E-state index contributed by atoms with van der Waals surface area (Å²) >= 11 is 1.29. The van der Waals surface area contributed by atoms with Gasteiger partial charge in [-0.15, -0.1) is 11.3 Å². The highest BCUT2D eigenvalue weighted by Crippen LogP contribution is 2.33. The van der Waals surface area contributed by atoms with Crippen molar-refractivity contribution in [2.75, 3.05) is 14.2 Å². The van der Waals surface area contributed by atoms with E-state index in [0.717, 1.165) is 16.7 Å². The van der Waals surface area contributed by atoms with E-state index in [0.29, 0.717) is 27.1 Å². The standard InChI is InChI=1S/C22H23FN2O3S/c1-12-10-18(27-4)19(28-5)11-17(12)13(2)24-21(26)20-14(3)25-22(29-20)15-6-8-16(23)9-7-15/h6-11,13H,1-5H3,(H,24,26). The third kappa shape index (κ3) is 4.40. The van der Waals surface area contributed by atoms with E-state index in [1.165, 1.54) is 23.5 Å². The van der Waals surface area contributed by atoms with Crippen molar-refractivity contribution in [2.24, 2.45) is 0 Å². The third-order valence-electron chi connectivity index (χ3n) is 4.68. The maximum atomic E-state index is 13.2. The lowest BCUT2D eigenvalue weighted by molar-refractivity contribution is 0.0943. The van der Waals surface area contributed by atoms with Crippen LogP contribution in [-0.2, 0) is 0 Å². The summed E-state index contributed by atoms with van der Waals surface area (Å²) in [7, 11) is 3.17. The molecule has 152 valence electrons. The molecule has 0 spiro atoms. The highest BCUT2D eigenvalue weighted by Gasteiger charge is 2.20. The summed E-state index contributed by atoms with van der Waals surface area (Å²) in [5.41, 5.74) is 3.35. The molecule has 0 bridgehead atoms. The number of nitrogens with zero attached hydrogens (tertiary/aromatic N) is 1.